The average Bonchev–Trinajstić information content (AvgIpc) is 3.18. The second-order valence-corrected chi connectivity index (χ2v) is 8.39. The van der Waals surface area contributed by atoms with Crippen molar-refractivity contribution in [2.24, 2.45) is 5.92 Å². The first-order chi connectivity index (χ1) is 14.4. The fraction of sp³-hybridized carbons (Fsp3) is 0.348. The quantitative estimate of drug-likeness (QED) is 0.631. The molecule has 1 saturated heterocycles. The van der Waals surface area contributed by atoms with Crippen molar-refractivity contribution in [1.82, 2.24) is 9.88 Å². The molecule has 3 aromatic rings. The van der Waals surface area contributed by atoms with Crippen LogP contribution in [0.2, 0.25) is 5.02 Å². The van der Waals surface area contributed by atoms with E-state index in [2.05, 4.69) is 10.3 Å². The number of nitrogens with one attached hydrogen (secondary N) is 1. The highest BCUT2D eigenvalue weighted by atomic mass is 35.5. The van der Waals surface area contributed by atoms with Gasteiger partial charge >= 0.3 is 0 Å². The number of carbonyl (C=O) groups is 2. The van der Waals surface area contributed by atoms with Crippen molar-refractivity contribution < 1.29 is 14.0 Å². The van der Waals surface area contributed by atoms with Crippen LogP contribution in [0.15, 0.2) is 46.9 Å². The van der Waals surface area contributed by atoms with Crippen molar-refractivity contribution >= 4 is 40.2 Å². The summed E-state index contributed by atoms with van der Waals surface area (Å²) in [7, 11) is 0. The number of halogens is 1. The molecule has 0 bridgehead atoms. The molecule has 7 heteroatoms. The van der Waals surface area contributed by atoms with Crippen LogP contribution < -0.4 is 5.32 Å². The van der Waals surface area contributed by atoms with Gasteiger partial charge in [0, 0.05) is 41.2 Å². The molecule has 0 saturated carbocycles. The zero-order valence-corrected chi connectivity index (χ0v) is 17.8. The first-order valence-electron chi connectivity index (χ1n) is 10.2. The minimum atomic E-state index is -0.126. The Kier molecular flexibility index (Phi) is 5.77. The van der Waals surface area contributed by atoms with Crippen molar-refractivity contribution in [2.45, 2.75) is 32.6 Å². The van der Waals surface area contributed by atoms with Crippen LogP contribution in [0, 0.1) is 5.92 Å². The number of fused-ring (bicyclic) bond motifs is 1. The number of hydrogen-bond donors (Lipinski definition) is 1. The van der Waals surface area contributed by atoms with Crippen molar-refractivity contribution in [3.8, 4) is 0 Å². The molecule has 0 atom stereocenters. The zero-order valence-electron chi connectivity index (χ0n) is 17.0. The first kappa shape index (κ1) is 20.4. The maximum atomic E-state index is 12.7. The van der Waals surface area contributed by atoms with Crippen LogP contribution in [0.25, 0.3) is 11.1 Å². The minimum Gasteiger partial charge on any atom is -0.440 e. The molecular weight excluding hydrogens is 402 g/mol. The predicted octanol–water partition coefficient (Wildman–Crippen LogP) is 5.10. The van der Waals surface area contributed by atoms with E-state index in [0.717, 1.165) is 5.52 Å². The number of amides is 2. The van der Waals surface area contributed by atoms with Crippen LogP contribution >= 0.6 is 11.6 Å². The number of hydrogen-bond acceptors (Lipinski definition) is 4. The SMILES string of the molecule is CC(C)c1nc2cc(NC(=O)C3CCN(C(=O)c4ccc(Cl)cc4)CC3)ccc2o1. The third kappa shape index (κ3) is 4.33. The lowest BCUT2D eigenvalue weighted by Gasteiger charge is -2.31. The monoisotopic (exact) mass is 425 g/mol. The average molecular weight is 426 g/mol. The van der Waals surface area contributed by atoms with Gasteiger partial charge in [0.25, 0.3) is 5.91 Å². The topological polar surface area (TPSA) is 75.4 Å². The molecule has 0 unspecified atom stereocenters. The van der Waals surface area contributed by atoms with E-state index in [1.54, 1.807) is 29.2 Å². The van der Waals surface area contributed by atoms with Crippen LogP contribution in [0.3, 0.4) is 0 Å². The maximum absolute atomic E-state index is 12.7. The Hall–Kier alpha value is -2.86. The smallest absolute Gasteiger partial charge is 0.253 e. The second-order valence-electron chi connectivity index (χ2n) is 7.95. The third-order valence-electron chi connectivity index (χ3n) is 5.41. The number of piperidine rings is 1. The molecule has 2 aromatic carbocycles. The number of anilines is 1. The number of oxazole rings is 1. The van der Waals surface area contributed by atoms with E-state index in [4.69, 9.17) is 16.0 Å². The van der Waals surface area contributed by atoms with E-state index < -0.39 is 0 Å². The second kappa shape index (κ2) is 8.48. The molecule has 1 aliphatic rings. The highest BCUT2D eigenvalue weighted by Crippen LogP contribution is 2.25. The summed E-state index contributed by atoms with van der Waals surface area (Å²) in [5, 5.41) is 3.59. The lowest BCUT2D eigenvalue weighted by atomic mass is 9.95. The van der Waals surface area contributed by atoms with Gasteiger partial charge < -0.3 is 14.6 Å². The van der Waals surface area contributed by atoms with Gasteiger partial charge in [0.2, 0.25) is 5.91 Å². The van der Waals surface area contributed by atoms with E-state index >= 15 is 0 Å². The molecule has 4 rings (SSSR count). The zero-order chi connectivity index (χ0) is 21.3. The molecule has 1 fully saturated rings. The molecule has 1 N–H and O–H groups in total. The van der Waals surface area contributed by atoms with Gasteiger partial charge in [0.15, 0.2) is 11.5 Å². The molecule has 0 spiro atoms. The summed E-state index contributed by atoms with van der Waals surface area (Å²) < 4.78 is 5.71. The van der Waals surface area contributed by atoms with Gasteiger partial charge in [0.05, 0.1) is 0 Å². The molecule has 156 valence electrons. The summed E-state index contributed by atoms with van der Waals surface area (Å²) in [5.74, 6) is 0.712. The van der Waals surface area contributed by atoms with Gasteiger partial charge in [-0.25, -0.2) is 4.98 Å². The van der Waals surface area contributed by atoms with Crippen molar-refractivity contribution in [3.05, 3.63) is 58.9 Å². The molecule has 2 amide bonds. The Bertz CT molecular complexity index is 1070. The molecule has 2 heterocycles. The standard InChI is InChI=1S/C23H24ClN3O3/c1-14(2)22-26-19-13-18(7-8-20(19)30-22)25-21(28)15-9-11-27(12-10-15)23(29)16-3-5-17(24)6-4-16/h3-8,13-15H,9-12H2,1-2H3,(H,25,28). The van der Waals surface area contributed by atoms with Gasteiger partial charge in [-0.15, -0.1) is 0 Å². The maximum Gasteiger partial charge on any atom is 0.253 e. The van der Waals surface area contributed by atoms with E-state index in [9.17, 15) is 9.59 Å². The summed E-state index contributed by atoms with van der Waals surface area (Å²) in [4.78, 5) is 31.6. The third-order valence-corrected chi connectivity index (χ3v) is 5.66. The molecule has 6 nitrogen and oxygen atoms in total. The Balaban J connectivity index is 1.35. The van der Waals surface area contributed by atoms with Crippen LogP contribution in [-0.4, -0.2) is 34.8 Å². The normalized spacial score (nSPS) is 15.0. The van der Waals surface area contributed by atoms with Gasteiger partial charge in [-0.2, -0.15) is 0 Å². The lowest BCUT2D eigenvalue weighted by Crippen LogP contribution is -2.41. The largest absolute Gasteiger partial charge is 0.440 e. The molecular formula is C23H24ClN3O3. The summed E-state index contributed by atoms with van der Waals surface area (Å²) in [6.07, 6.45) is 1.27. The fourth-order valence-electron chi connectivity index (χ4n) is 3.63. The Morgan fingerprint density at radius 2 is 1.83 bits per heavy atom. The summed E-state index contributed by atoms with van der Waals surface area (Å²) in [6, 6.07) is 12.4. The number of nitrogens with zero attached hydrogens (tertiary/aromatic N) is 2. The van der Waals surface area contributed by atoms with E-state index in [0.29, 0.717) is 53.7 Å². The fourth-order valence-corrected chi connectivity index (χ4v) is 3.76. The van der Waals surface area contributed by atoms with Crippen molar-refractivity contribution in [1.29, 1.82) is 0 Å². The summed E-state index contributed by atoms with van der Waals surface area (Å²) in [5.41, 5.74) is 2.77. The Morgan fingerprint density at radius 1 is 1.13 bits per heavy atom. The highest BCUT2D eigenvalue weighted by molar-refractivity contribution is 6.30. The van der Waals surface area contributed by atoms with Crippen LogP contribution in [0.5, 0.6) is 0 Å². The van der Waals surface area contributed by atoms with Gasteiger partial charge in [0.1, 0.15) is 5.52 Å². The molecule has 1 aliphatic heterocycles. The molecule has 0 radical (unpaired) electrons. The highest BCUT2D eigenvalue weighted by Gasteiger charge is 2.28. The number of likely N-dealkylation sites (tertiary alicyclic amines) is 1. The number of rotatable bonds is 4. The molecule has 1 aromatic heterocycles. The predicted molar refractivity (Wildman–Crippen MR) is 117 cm³/mol. The minimum absolute atomic E-state index is 0.0250. The molecule has 30 heavy (non-hydrogen) atoms. The molecule has 0 aliphatic carbocycles. The Morgan fingerprint density at radius 3 is 2.50 bits per heavy atom. The van der Waals surface area contributed by atoms with E-state index in [-0.39, 0.29) is 23.7 Å². The van der Waals surface area contributed by atoms with Crippen molar-refractivity contribution in [2.75, 3.05) is 18.4 Å². The first-order valence-corrected chi connectivity index (χ1v) is 10.5. The van der Waals surface area contributed by atoms with Gasteiger partial charge in [-0.05, 0) is 55.3 Å². The van der Waals surface area contributed by atoms with Crippen molar-refractivity contribution in [3.63, 3.8) is 0 Å². The number of aromatic nitrogens is 1. The summed E-state index contributed by atoms with van der Waals surface area (Å²) >= 11 is 5.89. The van der Waals surface area contributed by atoms with E-state index in [1.165, 1.54) is 0 Å². The Labute approximate surface area is 180 Å². The summed E-state index contributed by atoms with van der Waals surface area (Å²) in [6.45, 7) is 5.16. The van der Waals surface area contributed by atoms with E-state index in [1.807, 2.05) is 32.0 Å². The van der Waals surface area contributed by atoms with Gasteiger partial charge in [-0.1, -0.05) is 25.4 Å². The van der Waals surface area contributed by atoms with Crippen LogP contribution in [0.4, 0.5) is 5.69 Å². The van der Waals surface area contributed by atoms with Crippen LogP contribution in [-0.2, 0) is 4.79 Å². The van der Waals surface area contributed by atoms with Gasteiger partial charge in [-0.3, -0.25) is 9.59 Å². The number of benzene rings is 2. The lowest BCUT2D eigenvalue weighted by molar-refractivity contribution is -0.121. The van der Waals surface area contributed by atoms with Crippen LogP contribution in [0.1, 0.15) is 48.9 Å². The number of carbonyl (C=O) groups excluding carboxylic acids is 2.